The van der Waals surface area contributed by atoms with Gasteiger partial charge in [0.05, 0.1) is 5.69 Å². The maximum atomic E-state index is 13.0. The highest BCUT2D eigenvalue weighted by Gasteiger charge is 2.31. The van der Waals surface area contributed by atoms with Gasteiger partial charge in [-0.25, -0.2) is 0 Å². The number of hydrogen-bond acceptors (Lipinski definition) is 3. The number of rotatable bonds is 4. The van der Waals surface area contributed by atoms with Crippen molar-refractivity contribution in [3.8, 4) is 0 Å². The molecule has 1 amide bonds. The van der Waals surface area contributed by atoms with Gasteiger partial charge in [0.15, 0.2) is 0 Å². The van der Waals surface area contributed by atoms with E-state index in [4.69, 9.17) is 0 Å². The zero-order chi connectivity index (χ0) is 19.6. The molecule has 1 N–H and O–H groups in total. The van der Waals surface area contributed by atoms with Crippen molar-refractivity contribution in [2.75, 3.05) is 13.1 Å². The number of nitrogens with zero attached hydrogens (tertiary/aromatic N) is 4. The molecule has 3 aromatic rings. The number of benzene rings is 1. The lowest BCUT2D eigenvalue weighted by Crippen LogP contribution is -2.43. The fourth-order valence-corrected chi connectivity index (χ4v) is 4.73. The molecule has 0 spiro atoms. The fourth-order valence-electron chi connectivity index (χ4n) is 4.73. The number of carbonyl (C=O) groups is 1. The van der Waals surface area contributed by atoms with Crippen molar-refractivity contribution >= 4 is 5.91 Å². The first-order valence-electron chi connectivity index (χ1n) is 10.6. The highest BCUT2D eigenvalue weighted by atomic mass is 16.2. The molecule has 0 bridgehead atoms. The molecule has 4 heterocycles. The number of fused-ring (bicyclic) bond motifs is 1. The predicted octanol–water partition coefficient (Wildman–Crippen LogP) is 3.17. The van der Waals surface area contributed by atoms with E-state index in [-0.39, 0.29) is 5.92 Å². The second-order valence-electron chi connectivity index (χ2n) is 8.32. The lowest BCUT2D eigenvalue weighted by Gasteiger charge is -2.34. The predicted molar refractivity (Wildman–Crippen MR) is 110 cm³/mol. The number of aromatic nitrogens is 4. The van der Waals surface area contributed by atoms with Crippen LogP contribution >= 0.6 is 0 Å². The topological polar surface area (TPSA) is 66.8 Å². The van der Waals surface area contributed by atoms with Crippen molar-refractivity contribution in [3.05, 3.63) is 71.3 Å². The minimum absolute atomic E-state index is 0.110. The summed E-state index contributed by atoms with van der Waals surface area (Å²) in [5.41, 5.74) is 4.78. The second-order valence-corrected chi connectivity index (χ2v) is 8.32. The average molecular weight is 390 g/mol. The van der Waals surface area contributed by atoms with Gasteiger partial charge in [-0.05, 0) is 37.0 Å². The van der Waals surface area contributed by atoms with Gasteiger partial charge < -0.3 is 4.90 Å². The smallest absolute Gasteiger partial charge is 0.226 e. The van der Waals surface area contributed by atoms with Crippen molar-refractivity contribution in [3.63, 3.8) is 0 Å². The maximum absolute atomic E-state index is 13.0. The number of likely N-dealkylation sites (tertiary alicyclic amines) is 1. The van der Waals surface area contributed by atoms with Crippen molar-refractivity contribution < 1.29 is 4.79 Å². The quantitative estimate of drug-likeness (QED) is 0.745. The lowest BCUT2D eigenvalue weighted by molar-refractivity contribution is -0.137. The molecule has 0 saturated carbocycles. The summed E-state index contributed by atoms with van der Waals surface area (Å²) in [7, 11) is 0. The Morgan fingerprint density at radius 3 is 2.72 bits per heavy atom. The van der Waals surface area contributed by atoms with Crippen LogP contribution in [0.5, 0.6) is 0 Å². The van der Waals surface area contributed by atoms with E-state index in [0.29, 0.717) is 11.8 Å². The molecular formula is C23H27N5O. The van der Waals surface area contributed by atoms with Gasteiger partial charge in [0, 0.05) is 61.9 Å². The average Bonchev–Trinajstić information content (AvgIpc) is 3.43. The molecule has 5 rings (SSSR count). The third kappa shape index (κ3) is 3.84. The third-order valence-corrected chi connectivity index (χ3v) is 6.41. The Morgan fingerprint density at radius 1 is 1.07 bits per heavy atom. The van der Waals surface area contributed by atoms with E-state index in [1.807, 2.05) is 23.0 Å². The molecule has 1 atom stereocenters. The first kappa shape index (κ1) is 18.2. The van der Waals surface area contributed by atoms with Crippen LogP contribution in [0.2, 0.25) is 0 Å². The van der Waals surface area contributed by atoms with Gasteiger partial charge in [-0.2, -0.15) is 10.2 Å². The van der Waals surface area contributed by atoms with E-state index in [0.717, 1.165) is 63.1 Å². The van der Waals surface area contributed by atoms with Crippen LogP contribution < -0.4 is 0 Å². The molecule has 150 valence electrons. The molecule has 29 heavy (non-hydrogen) atoms. The summed E-state index contributed by atoms with van der Waals surface area (Å²) < 4.78 is 2.03. The zero-order valence-electron chi connectivity index (χ0n) is 16.6. The van der Waals surface area contributed by atoms with E-state index >= 15 is 0 Å². The van der Waals surface area contributed by atoms with E-state index in [9.17, 15) is 4.79 Å². The van der Waals surface area contributed by atoms with Crippen LogP contribution in [0.15, 0.2) is 48.7 Å². The number of hydrogen-bond donors (Lipinski definition) is 1. The van der Waals surface area contributed by atoms with Gasteiger partial charge in [-0.3, -0.25) is 14.6 Å². The Kier molecular flexibility index (Phi) is 4.92. The van der Waals surface area contributed by atoms with Gasteiger partial charge in [0.1, 0.15) is 0 Å². The molecule has 2 aliphatic heterocycles. The van der Waals surface area contributed by atoms with Crippen LogP contribution in [0.1, 0.15) is 47.8 Å². The van der Waals surface area contributed by atoms with Gasteiger partial charge in [0.2, 0.25) is 5.91 Å². The number of piperidine rings is 1. The maximum Gasteiger partial charge on any atom is 0.226 e. The van der Waals surface area contributed by atoms with Crippen molar-refractivity contribution in [2.45, 2.75) is 44.6 Å². The summed E-state index contributed by atoms with van der Waals surface area (Å²) in [5, 5.41) is 12.1. The molecule has 6 nitrogen and oxygen atoms in total. The van der Waals surface area contributed by atoms with Crippen LogP contribution in [-0.2, 0) is 24.2 Å². The first-order valence-corrected chi connectivity index (χ1v) is 10.6. The van der Waals surface area contributed by atoms with E-state index < -0.39 is 0 Å². The van der Waals surface area contributed by atoms with Crippen LogP contribution in [0.4, 0.5) is 0 Å². The largest absolute Gasteiger partial charge is 0.342 e. The van der Waals surface area contributed by atoms with E-state index in [1.54, 1.807) is 0 Å². The highest BCUT2D eigenvalue weighted by Crippen LogP contribution is 2.30. The Morgan fingerprint density at radius 2 is 1.90 bits per heavy atom. The molecule has 1 fully saturated rings. The van der Waals surface area contributed by atoms with Crippen molar-refractivity contribution in [1.82, 2.24) is 24.9 Å². The van der Waals surface area contributed by atoms with Crippen LogP contribution in [0.3, 0.4) is 0 Å². The zero-order valence-corrected chi connectivity index (χ0v) is 16.6. The Balaban J connectivity index is 1.16. The monoisotopic (exact) mass is 389 g/mol. The molecule has 2 aromatic heterocycles. The lowest BCUT2D eigenvalue weighted by atomic mass is 9.90. The van der Waals surface area contributed by atoms with Crippen LogP contribution in [-0.4, -0.2) is 43.9 Å². The van der Waals surface area contributed by atoms with Gasteiger partial charge in [-0.15, -0.1) is 0 Å². The highest BCUT2D eigenvalue weighted by molar-refractivity contribution is 5.79. The molecule has 1 unspecified atom stereocenters. The van der Waals surface area contributed by atoms with Crippen molar-refractivity contribution in [2.24, 2.45) is 5.92 Å². The molecule has 2 aliphatic rings. The van der Waals surface area contributed by atoms with E-state index in [2.05, 4.69) is 50.5 Å². The number of amides is 1. The summed E-state index contributed by atoms with van der Waals surface area (Å²) in [6.45, 7) is 2.52. The van der Waals surface area contributed by atoms with Gasteiger partial charge in [-0.1, -0.05) is 30.3 Å². The molecule has 6 heteroatoms. The standard InChI is InChI=1S/C23H27N5O/c29-23(19-9-13-28-21(15-19)6-10-24-28)27-11-7-18(8-12-27)22-16-20(25-26-22)14-17-4-2-1-3-5-17/h1-6,10,16,18-19H,7-9,11-15H2,(H,25,26). The molecule has 0 radical (unpaired) electrons. The minimum Gasteiger partial charge on any atom is -0.342 e. The van der Waals surface area contributed by atoms with E-state index in [1.165, 1.54) is 11.3 Å². The number of aryl methyl sites for hydroxylation is 1. The molecule has 1 saturated heterocycles. The number of H-pyrrole nitrogens is 1. The second kappa shape index (κ2) is 7.85. The SMILES string of the molecule is O=C(C1CCn2nccc2C1)N1CCC(c2cc(Cc3ccccc3)[nH]n2)CC1. The summed E-state index contributed by atoms with van der Waals surface area (Å²) in [6, 6.07) is 14.7. The normalized spacial score (nSPS) is 19.9. The number of aromatic amines is 1. The molecule has 1 aromatic carbocycles. The van der Waals surface area contributed by atoms with Crippen LogP contribution in [0, 0.1) is 5.92 Å². The van der Waals surface area contributed by atoms with Crippen LogP contribution in [0.25, 0.3) is 0 Å². The third-order valence-electron chi connectivity index (χ3n) is 6.41. The number of nitrogens with one attached hydrogen (secondary N) is 1. The summed E-state index contributed by atoms with van der Waals surface area (Å²) in [5.74, 6) is 0.869. The Labute approximate surface area is 170 Å². The van der Waals surface area contributed by atoms with Crippen molar-refractivity contribution in [1.29, 1.82) is 0 Å². The molecule has 0 aliphatic carbocycles. The Bertz CT molecular complexity index is 968. The summed E-state index contributed by atoms with van der Waals surface area (Å²) in [6.07, 6.45) is 6.42. The Hall–Kier alpha value is -2.89. The minimum atomic E-state index is 0.110. The number of carbonyl (C=O) groups excluding carboxylic acids is 1. The summed E-state index contributed by atoms with van der Waals surface area (Å²) in [4.78, 5) is 15.1. The molecular weight excluding hydrogens is 362 g/mol. The van der Waals surface area contributed by atoms with Gasteiger partial charge >= 0.3 is 0 Å². The first-order chi connectivity index (χ1) is 14.3. The van der Waals surface area contributed by atoms with Gasteiger partial charge in [0.25, 0.3) is 0 Å². The summed E-state index contributed by atoms with van der Waals surface area (Å²) >= 11 is 0. The fraction of sp³-hybridized carbons (Fsp3) is 0.435.